The van der Waals surface area contributed by atoms with Gasteiger partial charge in [-0.15, -0.1) is 0 Å². The van der Waals surface area contributed by atoms with E-state index < -0.39 is 14.6 Å². The summed E-state index contributed by atoms with van der Waals surface area (Å²) in [5, 5.41) is 0. The second kappa shape index (κ2) is 7.02. The molecule has 1 amide bonds. The molecule has 9 heteroatoms. The number of fused-ring (bicyclic) bond motifs is 1. The number of anilines is 1. The number of amides is 1. The van der Waals surface area contributed by atoms with E-state index in [0.717, 1.165) is 5.56 Å². The van der Waals surface area contributed by atoms with Crippen LogP contribution in [0.4, 0.5) is 10.5 Å². The first kappa shape index (κ1) is 20.2. The third-order valence-electron chi connectivity index (χ3n) is 5.10. The number of carbonyl (C=O) groups is 1. The fourth-order valence-electron chi connectivity index (χ4n) is 3.35. The van der Waals surface area contributed by atoms with E-state index in [1.54, 1.807) is 48.5 Å². The smallest absolute Gasteiger partial charge is 0.414 e. The molecule has 4 rings (SSSR count). The van der Waals surface area contributed by atoms with Crippen LogP contribution in [0.1, 0.15) is 20.8 Å². The second-order valence-corrected chi connectivity index (χ2v) is 10.7. The highest BCUT2D eigenvalue weighted by molar-refractivity contribution is 7.92. The van der Waals surface area contributed by atoms with Crippen molar-refractivity contribution < 1.29 is 22.7 Å². The first-order chi connectivity index (χ1) is 14.1. The van der Waals surface area contributed by atoms with Crippen molar-refractivity contribution in [3.63, 3.8) is 0 Å². The van der Waals surface area contributed by atoms with Crippen molar-refractivity contribution in [3.05, 3.63) is 42.7 Å². The lowest BCUT2D eigenvalue weighted by atomic mass is 10.1. The first-order valence-electron chi connectivity index (χ1n) is 9.48. The van der Waals surface area contributed by atoms with Crippen molar-refractivity contribution in [2.24, 2.45) is 0 Å². The Kier molecular flexibility index (Phi) is 4.73. The number of imidazole rings is 1. The number of hydrogen-bond acceptors (Lipinski definition) is 6. The highest BCUT2D eigenvalue weighted by Gasteiger charge is 2.34. The summed E-state index contributed by atoms with van der Waals surface area (Å²) in [5.41, 5.74) is 2.76. The zero-order chi connectivity index (χ0) is 21.7. The third kappa shape index (κ3) is 3.19. The number of methoxy groups -OCH3 is 1. The van der Waals surface area contributed by atoms with Gasteiger partial charge in [0.05, 0.1) is 30.3 Å². The van der Waals surface area contributed by atoms with Crippen LogP contribution in [0.2, 0.25) is 0 Å². The normalized spacial score (nSPS) is 14.9. The van der Waals surface area contributed by atoms with Crippen molar-refractivity contribution in [2.75, 3.05) is 25.2 Å². The van der Waals surface area contributed by atoms with Crippen LogP contribution < -0.4 is 9.64 Å². The van der Waals surface area contributed by atoms with Crippen LogP contribution in [-0.2, 0) is 14.6 Å². The van der Waals surface area contributed by atoms with Gasteiger partial charge in [-0.05, 0) is 32.9 Å². The van der Waals surface area contributed by atoms with Crippen molar-refractivity contribution >= 4 is 27.3 Å². The van der Waals surface area contributed by atoms with Crippen LogP contribution >= 0.6 is 0 Å². The molecule has 158 valence electrons. The average Bonchev–Trinajstić information content (AvgIpc) is 3.31. The molecule has 0 aliphatic carbocycles. The zero-order valence-corrected chi connectivity index (χ0v) is 18.1. The quantitative estimate of drug-likeness (QED) is 0.630. The Labute approximate surface area is 175 Å². The Morgan fingerprint density at radius 1 is 1.20 bits per heavy atom. The number of aromatic nitrogens is 2. The molecule has 3 heterocycles. The second-order valence-electron chi connectivity index (χ2n) is 8.01. The number of ether oxygens (including phenoxy) is 2. The molecule has 8 nitrogen and oxygen atoms in total. The van der Waals surface area contributed by atoms with Crippen LogP contribution in [0.15, 0.2) is 47.6 Å². The van der Waals surface area contributed by atoms with Gasteiger partial charge in [0.25, 0.3) is 0 Å². The molecule has 3 aromatic rings. The lowest BCUT2D eigenvalue weighted by molar-refractivity contribution is 0.181. The van der Waals surface area contributed by atoms with Crippen molar-refractivity contribution in [2.45, 2.75) is 30.4 Å². The van der Waals surface area contributed by atoms with E-state index in [-0.39, 0.29) is 16.7 Å². The number of rotatable bonds is 4. The summed E-state index contributed by atoms with van der Waals surface area (Å²) < 4.78 is 37.4. The van der Waals surface area contributed by atoms with Crippen molar-refractivity contribution in [1.82, 2.24) is 9.38 Å². The molecule has 0 unspecified atom stereocenters. The van der Waals surface area contributed by atoms with Crippen molar-refractivity contribution in [1.29, 1.82) is 0 Å². The number of pyridine rings is 1. The van der Waals surface area contributed by atoms with Gasteiger partial charge in [0.1, 0.15) is 22.9 Å². The molecule has 0 atom stereocenters. The third-order valence-corrected chi connectivity index (χ3v) is 7.60. The monoisotopic (exact) mass is 429 g/mol. The number of hydrogen-bond donors (Lipinski definition) is 0. The highest BCUT2D eigenvalue weighted by atomic mass is 32.2. The van der Waals surface area contributed by atoms with Crippen LogP contribution in [0.5, 0.6) is 5.75 Å². The summed E-state index contributed by atoms with van der Waals surface area (Å²) in [6.07, 6.45) is 2.84. The Morgan fingerprint density at radius 2 is 1.97 bits per heavy atom. The number of nitrogens with zero attached hydrogens (tertiary/aromatic N) is 3. The summed E-state index contributed by atoms with van der Waals surface area (Å²) in [5.74, 6) is 0.253. The van der Waals surface area contributed by atoms with Gasteiger partial charge in [-0.1, -0.05) is 12.1 Å². The van der Waals surface area contributed by atoms with Gasteiger partial charge in [-0.3, -0.25) is 9.30 Å². The van der Waals surface area contributed by atoms with E-state index in [1.165, 1.54) is 7.11 Å². The molecular formula is C21H23N3O5S. The van der Waals surface area contributed by atoms with Gasteiger partial charge in [0.2, 0.25) is 0 Å². The SMILES string of the molecule is COc1cc2ncc(-c3cccc(N4CCOC4=O)c3)n2cc1S(=O)(=O)C(C)(C)C. The molecule has 0 radical (unpaired) electrons. The first-order valence-corrected chi connectivity index (χ1v) is 11.0. The molecule has 1 saturated heterocycles. The van der Waals surface area contributed by atoms with Gasteiger partial charge < -0.3 is 9.47 Å². The molecule has 1 fully saturated rings. The van der Waals surface area contributed by atoms with E-state index >= 15 is 0 Å². The maximum Gasteiger partial charge on any atom is 0.414 e. The van der Waals surface area contributed by atoms with E-state index in [0.29, 0.717) is 30.2 Å². The zero-order valence-electron chi connectivity index (χ0n) is 17.2. The molecule has 30 heavy (non-hydrogen) atoms. The van der Waals surface area contributed by atoms with Gasteiger partial charge >= 0.3 is 6.09 Å². The molecule has 1 aliphatic heterocycles. The van der Waals surface area contributed by atoms with Crippen LogP contribution in [0.3, 0.4) is 0 Å². The predicted octanol–water partition coefficient (Wildman–Crippen LogP) is 3.54. The standard InChI is InChI=1S/C21H23N3O5S/c1-21(2,3)30(26,27)18-13-24-16(12-22-19(24)11-17(18)28-4)14-6-5-7-15(10-14)23-8-9-29-20(23)25/h5-7,10-13H,8-9H2,1-4H3. The Balaban J connectivity index is 1.88. The predicted molar refractivity (Wildman–Crippen MR) is 113 cm³/mol. The maximum absolute atomic E-state index is 13.1. The molecule has 1 aromatic carbocycles. The van der Waals surface area contributed by atoms with Crippen LogP contribution in [0.25, 0.3) is 16.9 Å². The topological polar surface area (TPSA) is 90.2 Å². The molecular weight excluding hydrogens is 406 g/mol. The van der Waals surface area contributed by atoms with Gasteiger partial charge in [0, 0.05) is 23.5 Å². The lowest BCUT2D eigenvalue weighted by Gasteiger charge is -2.21. The molecule has 0 spiro atoms. The summed E-state index contributed by atoms with van der Waals surface area (Å²) in [7, 11) is -2.22. The van der Waals surface area contributed by atoms with E-state index in [1.807, 2.05) is 24.3 Å². The van der Waals surface area contributed by atoms with Gasteiger partial charge in [-0.2, -0.15) is 0 Å². The summed E-state index contributed by atoms with van der Waals surface area (Å²) in [4.78, 5) is 18.0. The van der Waals surface area contributed by atoms with E-state index in [2.05, 4.69) is 4.98 Å². The number of carbonyl (C=O) groups excluding carboxylic acids is 1. The summed E-state index contributed by atoms with van der Waals surface area (Å²) >= 11 is 0. The Morgan fingerprint density at radius 3 is 2.60 bits per heavy atom. The molecule has 0 N–H and O–H groups in total. The summed E-state index contributed by atoms with van der Waals surface area (Å²) in [6, 6.07) is 9.03. The average molecular weight is 429 g/mol. The largest absolute Gasteiger partial charge is 0.495 e. The van der Waals surface area contributed by atoms with E-state index in [9.17, 15) is 13.2 Å². The lowest BCUT2D eigenvalue weighted by Crippen LogP contribution is -2.28. The number of cyclic esters (lactones) is 1. The van der Waals surface area contributed by atoms with Crippen molar-refractivity contribution in [3.8, 4) is 17.0 Å². The molecule has 0 saturated carbocycles. The maximum atomic E-state index is 13.1. The minimum Gasteiger partial charge on any atom is -0.495 e. The molecule has 0 bridgehead atoms. The molecule has 1 aliphatic rings. The minimum atomic E-state index is -3.66. The number of sulfone groups is 1. The Bertz CT molecular complexity index is 1240. The molecule has 2 aromatic heterocycles. The van der Waals surface area contributed by atoms with Gasteiger partial charge in [0.15, 0.2) is 9.84 Å². The Hall–Kier alpha value is -3.07. The highest BCUT2D eigenvalue weighted by Crippen LogP contribution is 2.35. The fraction of sp³-hybridized carbons (Fsp3) is 0.333. The minimum absolute atomic E-state index is 0.100. The number of benzene rings is 1. The van der Waals surface area contributed by atoms with Crippen LogP contribution in [0, 0.1) is 0 Å². The fourth-order valence-corrected chi connectivity index (χ4v) is 4.66. The van der Waals surface area contributed by atoms with Crippen LogP contribution in [-0.4, -0.2) is 48.9 Å². The summed E-state index contributed by atoms with van der Waals surface area (Å²) in [6.45, 7) is 5.80. The van der Waals surface area contributed by atoms with E-state index in [4.69, 9.17) is 9.47 Å². The van der Waals surface area contributed by atoms with Gasteiger partial charge in [-0.25, -0.2) is 18.2 Å².